The van der Waals surface area contributed by atoms with E-state index < -0.39 is 18.7 Å². The van der Waals surface area contributed by atoms with E-state index in [0.717, 1.165) is 5.56 Å². The Bertz CT molecular complexity index is 457. The first-order valence-electron chi connectivity index (χ1n) is 4.99. The van der Waals surface area contributed by atoms with Gasteiger partial charge in [-0.3, -0.25) is 4.90 Å². The fraction of sp³-hybridized carbons (Fsp3) is 0.364. The van der Waals surface area contributed by atoms with Gasteiger partial charge in [0.25, 0.3) is 0 Å². The molecule has 0 atom stereocenters. The summed E-state index contributed by atoms with van der Waals surface area (Å²) in [5.41, 5.74) is 1.53. The molecule has 0 aliphatic carbocycles. The second-order valence-corrected chi connectivity index (χ2v) is 4.05. The number of nitrogens with zero attached hydrogens (tertiary/aromatic N) is 1. The molecule has 17 heavy (non-hydrogen) atoms. The van der Waals surface area contributed by atoms with Gasteiger partial charge in [-0.25, -0.2) is 4.79 Å². The molecule has 1 aromatic carbocycles. The second kappa shape index (κ2) is 4.03. The first-order valence-corrected chi connectivity index (χ1v) is 4.99. The van der Waals surface area contributed by atoms with Gasteiger partial charge in [0.15, 0.2) is 0 Å². The number of halogens is 3. The predicted octanol–water partition coefficient (Wildman–Crippen LogP) is 2.26. The maximum atomic E-state index is 12.2. The van der Waals surface area contributed by atoms with Crippen LogP contribution in [-0.2, 0) is 13.1 Å². The Morgan fingerprint density at radius 3 is 2.53 bits per heavy atom. The van der Waals surface area contributed by atoms with Gasteiger partial charge in [-0.05, 0) is 23.3 Å². The van der Waals surface area contributed by atoms with Gasteiger partial charge < -0.3 is 5.11 Å². The lowest BCUT2D eigenvalue weighted by atomic mass is 10.1. The Morgan fingerprint density at radius 1 is 1.29 bits per heavy atom. The topological polar surface area (TPSA) is 40.5 Å². The third-order valence-corrected chi connectivity index (χ3v) is 2.64. The van der Waals surface area contributed by atoms with Crippen LogP contribution >= 0.6 is 0 Å². The smallest absolute Gasteiger partial charge is 0.401 e. The molecular weight excluding hydrogens is 235 g/mol. The van der Waals surface area contributed by atoms with Crippen LogP contribution in [0.3, 0.4) is 0 Å². The fourth-order valence-corrected chi connectivity index (χ4v) is 1.96. The summed E-state index contributed by atoms with van der Waals surface area (Å²) in [7, 11) is 0. The fourth-order valence-electron chi connectivity index (χ4n) is 1.96. The average Bonchev–Trinajstić information content (AvgIpc) is 2.54. The lowest BCUT2D eigenvalue weighted by molar-refractivity contribution is -0.146. The quantitative estimate of drug-likeness (QED) is 0.868. The Hall–Kier alpha value is -1.56. The highest BCUT2D eigenvalue weighted by molar-refractivity contribution is 5.87. The Kier molecular flexibility index (Phi) is 2.82. The van der Waals surface area contributed by atoms with Crippen molar-refractivity contribution in [2.45, 2.75) is 19.3 Å². The number of carboxylic acids is 1. The lowest BCUT2D eigenvalue weighted by Gasteiger charge is -2.16. The van der Waals surface area contributed by atoms with Crippen molar-refractivity contribution in [3.05, 3.63) is 34.9 Å². The predicted molar refractivity (Wildman–Crippen MR) is 53.6 cm³/mol. The molecule has 1 aromatic rings. The molecule has 0 saturated heterocycles. The average molecular weight is 245 g/mol. The molecule has 0 amide bonds. The van der Waals surface area contributed by atoms with Crippen molar-refractivity contribution in [1.29, 1.82) is 0 Å². The Morgan fingerprint density at radius 2 is 1.94 bits per heavy atom. The van der Waals surface area contributed by atoms with E-state index in [-0.39, 0.29) is 18.7 Å². The van der Waals surface area contributed by atoms with Gasteiger partial charge >= 0.3 is 12.1 Å². The molecule has 1 N–H and O–H groups in total. The minimum Gasteiger partial charge on any atom is -0.478 e. The van der Waals surface area contributed by atoms with Crippen LogP contribution in [-0.4, -0.2) is 28.7 Å². The third-order valence-electron chi connectivity index (χ3n) is 2.64. The molecular formula is C11H10F3NO2. The minimum atomic E-state index is -4.22. The number of aromatic carboxylic acids is 1. The molecule has 3 nitrogen and oxygen atoms in total. The summed E-state index contributed by atoms with van der Waals surface area (Å²) in [4.78, 5) is 12.0. The van der Waals surface area contributed by atoms with Crippen LogP contribution in [0, 0.1) is 0 Å². The number of carbonyl (C=O) groups is 1. The van der Waals surface area contributed by atoms with Gasteiger partial charge in [0.2, 0.25) is 0 Å². The number of benzene rings is 1. The van der Waals surface area contributed by atoms with E-state index in [1.54, 1.807) is 6.07 Å². The summed E-state index contributed by atoms with van der Waals surface area (Å²) in [5, 5.41) is 8.77. The van der Waals surface area contributed by atoms with Gasteiger partial charge in [0.1, 0.15) is 0 Å². The van der Waals surface area contributed by atoms with Crippen molar-refractivity contribution in [3.63, 3.8) is 0 Å². The van der Waals surface area contributed by atoms with Gasteiger partial charge in [-0.2, -0.15) is 13.2 Å². The number of carboxylic acid groups (broad SMARTS) is 1. The Labute approximate surface area is 95.5 Å². The van der Waals surface area contributed by atoms with E-state index in [0.29, 0.717) is 5.56 Å². The molecule has 0 spiro atoms. The van der Waals surface area contributed by atoms with Crippen molar-refractivity contribution >= 4 is 5.97 Å². The van der Waals surface area contributed by atoms with Gasteiger partial charge in [-0.1, -0.05) is 6.07 Å². The van der Waals surface area contributed by atoms with Crippen molar-refractivity contribution in [2.24, 2.45) is 0 Å². The van der Waals surface area contributed by atoms with Crippen LogP contribution in [0.2, 0.25) is 0 Å². The number of hydrogen-bond acceptors (Lipinski definition) is 2. The Balaban J connectivity index is 2.14. The first-order chi connectivity index (χ1) is 7.85. The summed E-state index contributed by atoms with van der Waals surface area (Å²) >= 11 is 0. The lowest BCUT2D eigenvalue weighted by Crippen LogP contribution is -2.29. The van der Waals surface area contributed by atoms with E-state index in [9.17, 15) is 18.0 Å². The SMILES string of the molecule is O=C(O)c1ccc2c(c1)CN(CC(F)(F)F)C2. The van der Waals surface area contributed by atoms with Crippen molar-refractivity contribution in [3.8, 4) is 0 Å². The molecule has 0 bridgehead atoms. The monoisotopic (exact) mass is 245 g/mol. The van der Waals surface area contributed by atoms with Crippen molar-refractivity contribution in [1.82, 2.24) is 4.90 Å². The van der Waals surface area contributed by atoms with E-state index in [1.165, 1.54) is 17.0 Å². The molecule has 1 aliphatic rings. The third kappa shape index (κ3) is 2.76. The maximum absolute atomic E-state index is 12.2. The zero-order chi connectivity index (χ0) is 12.6. The number of fused-ring (bicyclic) bond motifs is 1. The number of rotatable bonds is 2. The zero-order valence-corrected chi connectivity index (χ0v) is 8.79. The van der Waals surface area contributed by atoms with E-state index in [2.05, 4.69) is 0 Å². The molecule has 0 fully saturated rings. The van der Waals surface area contributed by atoms with E-state index in [4.69, 9.17) is 5.11 Å². The van der Waals surface area contributed by atoms with Gasteiger partial charge in [0, 0.05) is 13.1 Å². The van der Waals surface area contributed by atoms with Crippen molar-refractivity contribution < 1.29 is 23.1 Å². The van der Waals surface area contributed by atoms with Gasteiger partial charge in [-0.15, -0.1) is 0 Å². The maximum Gasteiger partial charge on any atom is 0.401 e. The van der Waals surface area contributed by atoms with Crippen molar-refractivity contribution in [2.75, 3.05) is 6.54 Å². The minimum absolute atomic E-state index is 0.109. The summed E-state index contributed by atoms with van der Waals surface area (Å²) in [6.07, 6.45) is -4.22. The van der Waals surface area contributed by atoms with Crippen LogP contribution in [0.1, 0.15) is 21.5 Å². The van der Waals surface area contributed by atoms with Crippen LogP contribution in [0.25, 0.3) is 0 Å². The van der Waals surface area contributed by atoms with E-state index in [1.807, 2.05) is 0 Å². The molecule has 1 heterocycles. The van der Waals surface area contributed by atoms with Gasteiger partial charge in [0.05, 0.1) is 12.1 Å². The van der Waals surface area contributed by atoms with Crippen LogP contribution in [0.5, 0.6) is 0 Å². The molecule has 1 aliphatic heterocycles. The summed E-state index contributed by atoms with van der Waals surface area (Å²) in [5.74, 6) is -1.07. The highest BCUT2D eigenvalue weighted by Crippen LogP contribution is 2.27. The molecule has 2 rings (SSSR count). The largest absolute Gasteiger partial charge is 0.478 e. The van der Waals surface area contributed by atoms with Crippen LogP contribution in [0.4, 0.5) is 13.2 Å². The molecule has 0 radical (unpaired) electrons. The summed E-state index contributed by atoms with van der Waals surface area (Å²) in [6.45, 7) is -0.602. The molecule has 92 valence electrons. The standard InChI is InChI=1S/C11H10F3NO2/c12-11(13,14)6-15-4-8-2-1-7(10(16)17)3-9(8)5-15/h1-3H,4-6H2,(H,16,17). The molecule has 0 unspecified atom stereocenters. The first kappa shape index (κ1) is 11.9. The highest BCUT2D eigenvalue weighted by atomic mass is 19.4. The zero-order valence-electron chi connectivity index (χ0n) is 8.79. The number of hydrogen-bond donors (Lipinski definition) is 1. The molecule has 0 aromatic heterocycles. The summed E-state index contributed by atoms with van der Waals surface area (Å²) in [6, 6.07) is 4.43. The normalized spacial score (nSPS) is 15.9. The van der Waals surface area contributed by atoms with Crippen LogP contribution < -0.4 is 0 Å². The number of alkyl halides is 3. The molecule has 6 heteroatoms. The molecule has 0 saturated carbocycles. The van der Waals surface area contributed by atoms with Crippen LogP contribution in [0.15, 0.2) is 18.2 Å². The highest BCUT2D eigenvalue weighted by Gasteiger charge is 2.33. The summed E-state index contributed by atoms with van der Waals surface area (Å²) < 4.78 is 36.6. The van der Waals surface area contributed by atoms with E-state index >= 15 is 0 Å². The second-order valence-electron chi connectivity index (χ2n) is 4.05.